The third-order valence-corrected chi connectivity index (χ3v) is 1.90. The van der Waals surface area contributed by atoms with E-state index in [9.17, 15) is 9.70 Å². The van der Waals surface area contributed by atoms with E-state index < -0.39 is 0 Å². The lowest BCUT2D eigenvalue weighted by Crippen LogP contribution is -2.32. The smallest absolute Gasteiger partial charge is 0.225 e. The Bertz CT molecular complexity index is 218. The summed E-state index contributed by atoms with van der Waals surface area (Å²) in [7, 11) is 0. The molecule has 1 aliphatic rings. The first-order valence-electron chi connectivity index (χ1n) is 3.09. The van der Waals surface area contributed by atoms with E-state index in [-0.39, 0.29) is 11.0 Å². The fourth-order valence-corrected chi connectivity index (χ4v) is 1.24. The van der Waals surface area contributed by atoms with Crippen LogP contribution in [0.2, 0.25) is 0 Å². The van der Waals surface area contributed by atoms with Crippen LogP contribution in [0.25, 0.3) is 0 Å². The molecule has 1 fully saturated rings. The number of nitroso groups, excluding NO2 is 1. The lowest BCUT2D eigenvalue weighted by atomic mass is 10.5. The number of amides is 1. The summed E-state index contributed by atoms with van der Waals surface area (Å²) in [5.74, 6) is -0.152. The Morgan fingerprint density at radius 1 is 1.64 bits per heavy atom. The molecule has 60 valence electrons. The van der Waals surface area contributed by atoms with Crippen molar-refractivity contribution in [1.82, 2.24) is 9.91 Å². The molecule has 1 amide bonds. The Morgan fingerprint density at radius 3 is 2.55 bits per heavy atom. The van der Waals surface area contributed by atoms with Gasteiger partial charge in [0.05, 0.1) is 11.8 Å². The van der Waals surface area contributed by atoms with Crippen molar-refractivity contribution < 1.29 is 4.79 Å². The average Bonchev–Trinajstić information content (AvgIpc) is 2.30. The lowest BCUT2D eigenvalue weighted by molar-refractivity contribution is -0.124. The van der Waals surface area contributed by atoms with Crippen LogP contribution >= 0.6 is 12.2 Å². The summed E-state index contributed by atoms with van der Waals surface area (Å²) >= 11 is 4.77. The molecule has 1 rings (SSSR count). The van der Waals surface area contributed by atoms with E-state index in [1.54, 1.807) is 0 Å². The predicted molar refractivity (Wildman–Crippen MR) is 42.5 cm³/mol. The lowest BCUT2D eigenvalue weighted by Gasteiger charge is -2.11. The molecule has 0 N–H and O–H groups in total. The summed E-state index contributed by atoms with van der Waals surface area (Å²) in [5.41, 5.74) is 0. The van der Waals surface area contributed by atoms with E-state index in [0.29, 0.717) is 13.1 Å². The first kappa shape index (κ1) is 8.06. The highest BCUT2D eigenvalue weighted by Gasteiger charge is 2.27. The highest BCUT2D eigenvalue weighted by Crippen LogP contribution is 2.08. The van der Waals surface area contributed by atoms with Crippen molar-refractivity contribution >= 4 is 23.2 Å². The molecular weight excluding hydrogens is 166 g/mol. The number of thiocarbonyl (C=S) groups is 1. The van der Waals surface area contributed by atoms with E-state index in [4.69, 9.17) is 12.2 Å². The molecule has 1 aliphatic heterocycles. The summed E-state index contributed by atoms with van der Waals surface area (Å²) in [6.45, 7) is 2.27. The van der Waals surface area contributed by atoms with E-state index in [1.165, 1.54) is 11.8 Å². The maximum absolute atomic E-state index is 10.8. The zero-order chi connectivity index (χ0) is 8.43. The molecule has 0 saturated carbocycles. The zero-order valence-electron chi connectivity index (χ0n) is 5.98. The molecule has 0 aromatic rings. The van der Waals surface area contributed by atoms with Crippen molar-refractivity contribution in [2.24, 2.45) is 5.29 Å². The van der Waals surface area contributed by atoms with Crippen molar-refractivity contribution in [3.63, 3.8) is 0 Å². The summed E-state index contributed by atoms with van der Waals surface area (Å²) in [6, 6.07) is 0. The molecule has 0 radical (unpaired) electrons. The van der Waals surface area contributed by atoms with E-state index in [2.05, 4.69) is 5.29 Å². The minimum atomic E-state index is -0.152. The van der Waals surface area contributed by atoms with Crippen LogP contribution in [0.5, 0.6) is 0 Å². The summed E-state index contributed by atoms with van der Waals surface area (Å²) in [4.78, 5) is 22.2. The summed E-state index contributed by atoms with van der Waals surface area (Å²) < 4.78 is 0. The van der Waals surface area contributed by atoms with Crippen LogP contribution in [0, 0.1) is 4.91 Å². The normalized spacial score (nSPS) is 17.4. The van der Waals surface area contributed by atoms with E-state index in [1.807, 2.05) is 0 Å². The molecule has 1 saturated heterocycles. The first-order valence-corrected chi connectivity index (χ1v) is 3.50. The van der Waals surface area contributed by atoms with Crippen LogP contribution in [0.1, 0.15) is 6.92 Å². The predicted octanol–water partition coefficient (Wildman–Crippen LogP) is 0.117. The number of carbonyl (C=O) groups excluding carboxylic acids is 1. The molecule has 0 atom stereocenters. The number of hydrogen-bond acceptors (Lipinski definition) is 4. The fraction of sp³-hybridized carbons (Fsp3) is 0.600. The third kappa shape index (κ3) is 1.35. The number of hydrogen-bond donors (Lipinski definition) is 0. The second-order valence-electron chi connectivity index (χ2n) is 2.16. The van der Waals surface area contributed by atoms with Gasteiger partial charge in [0.1, 0.15) is 0 Å². The minimum Gasteiger partial charge on any atom is -0.286 e. The standard InChI is InChI=1S/C5H7N3O2S/c1-4(9)7-2-3-8(6-10)5(7)11/h2-3H2,1H3. The van der Waals surface area contributed by atoms with Crippen molar-refractivity contribution in [2.75, 3.05) is 13.1 Å². The number of carbonyl (C=O) groups is 1. The number of rotatable bonds is 1. The fourth-order valence-electron chi connectivity index (χ4n) is 0.893. The molecule has 11 heavy (non-hydrogen) atoms. The Labute approximate surface area is 68.9 Å². The van der Waals surface area contributed by atoms with Gasteiger partial charge in [-0.3, -0.25) is 9.69 Å². The molecule has 0 bridgehead atoms. The largest absolute Gasteiger partial charge is 0.286 e. The Kier molecular flexibility index (Phi) is 2.13. The quantitative estimate of drug-likeness (QED) is 0.417. The van der Waals surface area contributed by atoms with Crippen LogP contribution < -0.4 is 0 Å². The van der Waals surface area contributed by atoms with Crippen molar-refractivity contribution in [3.8, 4) is 0 Å². The van der Waals surface area contributed by atoms with Gasteiger partial charge in [0.2, 0.25) is 11.0 Å². The molecular formula is C5H7N3O2S. The van der Waals surface area contributed by atoms with Crippen LogP contribution in [0.3, 0.4) is 0 Å². The molecule has 0 spiro atoms. The maximum atomic E-state index is 10.8. The molecule has 0 aliphatic carbocycles. The second-order valence-corrected chi connectivity index (χ2v) is 2.52. The monoisotopic (exact) mass is 173 g/mol. The summed E-state index contributed by atoms with van der Waals surface area (Å²) in [6.07, 6.45) is 0. The van der Waals surface area contributed by atoms with Gasteiger partial charge in [0.25, 0.3) is 0 Å². The second kappa shape index (κ2) is 2.91. The molecule has 0 aromatic heterocycles. The Balaban J connectivity index is 2.70. The Morgan fingerprint density at radius 2 is 2.27 bits per heavy atom. The summed E-state index contributed by atoms with van der Waals surface area (Å²) in [5, 5.41) is 3.94. The van der Waals surface area contributed by atoms with Gasteiger partial charge < -0.3 is 0 Å². The van der Waals surface area contributed by atoms with Gasteiger partial charge in [-0.1, -0.05) is 0 Å². The zero-order valence-corrected chi connectivity index (χ0v) is 6.80. The SMILES string of the molecule is CC(=O)N1CCN(N=O)C1=S. The van der Waals surface area contributed by atoms with Crippen molar-refractivity contribution in [3.05, 3.63) is 4.91 Å². The van der Waals surface area contributed by atoms with Crippen molar-refractivity contribution in [1.29, 1.82) is 0 Å². The first-order chi connectivity index (χ1) is 5.16. The highest BCUT2D eigenvalue weighted by atomic mass is 32.1. The van der Waals surface area contributed by atoms with Gasteiger partial charge in [-0.2, -0.15) is 0 Å². The molecule has 6 heteroatoms. The molecule has 5 nitrogen and oxygen atoms in total. The van der Waals surface area contributed by atoms with Gasteiger partial charge in [0.15, 0.2) is 0 Å². The van der Waals surface area contributed by atoms with Gasteiger partial charge in [-0.25, -0.2) is 5.01 Å². The van der Waals surface area contributed by atoms with Crippen LogP contribution in [-0.2, 0) is 4.79 Å². The van der Waals surface area contributed by atoms with Gasteiger partial charge in [-0.15, -0.1) is 4.91 Å². The third-order valence-electron chi connectivity index (χ3n) is 1.47. The highest BCUT2D eigenvalue weighted by molar-refractivity contribution is 7.80. The van der Waals surface area contributed by atoms with Crippen molar-refractivity contribution in [2.45, 2.75) is 6.92 Å². The number of nitrogens with zero attached hydrogens (tertiary/aromatic N) is 3. The van der Waals surface area contributed by atoms with Crippen LogP contribution in [0.15, 0.2) is 5.29 Å². The van der Waals surface area contributed by atoms with E-state index in [0.717, 1.165) is 5.01 Å². The molecule has 0 aromatic carbocycles. The topological polar surface area (TPSA) is 53.0 Å². The molecule has 0 unspecified atom stereocenters. The minimum absolute atomic E-state index is 0.152. The average molecular weight is 173 g/mol. The van der Waals surface area contributed by atoms with Gasteiger partial charge >= 0.3 is 0 Å². The van der Waals surface area contributed by atoms with Crippen LogP contribution in [0.4, 0.5) is 0 Å². The van der Waals surface area contributed by atoms with Crippen LogP contribution in [-0.4, -0.2) is 34.0 Å². The molecule has 1 heterocycles. The van der Waals surface area contributed by atoms with E-state index >= 15 is 0 Å². The Hall–Kier alpha value is -1.04. The van der Waals surface area contributed by atoms with Gasteiger partial charge in [0, 0.05) is 13.5 Å². The maximum Gasteiger partial charge on any atom is 0.225 e. The van der Waals surface area contributed by atoms with Gasteiger partial charge in [-0.05, 0) is 12.2 Å².